The fraction of sp³-hybridized carbons (Fsp3) is 0.294. The lowest BCUT2D eigenvalue weighted by atomic mass is 10.2. The van der Waals surface area contributed by atoms with Gasteiger partial charge in [-0.25, -0.2) is 4.98 Å². The van der Waals surface area contributed by atoms with Gasteiger partial charge >= 0.3 is 0 Å². The Morgan fingerprint density at radius 3 is 2.92 bits per heavy atom. The fourth-order valence-corrected chi connectivity index (χ4v) is 4.22. The Morgan fingerprint density at radius 2 is 2.19 bits per heavy atom. The Morgan fingerprint density at radius 1 is 1.31 bits per heavy atom. The number of imidazole rings is 1. The molecule has 0 bridgehead atoms. The van der Waals surface area contributed by atoms with Gasteiger partial charge in [-0.1, -0.05) is 0 Å². The van der Waals surface area contributed by atoms with Crippen molar-refractivity contribution in [3.8, 4) is 0 Å². The van der Waals surface area contributed by atoms with E-state index < -0.39 is 0 Å². The van der Waals surface area contributed by atoms with Gasteiger partial charge < -0.3 is 14.8 Å². The van der Waals surface area contributed by atoms with Crippen LogP contribution in [0.25, 0.3) is 0 Å². The van der Waals surface area contributed by atoms with Gasteiger partial charge in [-0.05, 0) is 25.0 Å². The van der Waals surface area contributed by atoms with Gasteiger partial charge in [0.25, 0.3) is 11.8 Å². The molecule has 8 nitrogen and oxygen atoms in total. The number of H-pyrrole nitrogens is 1. The number of likely N-dealkylation sites (tertiary alicyclic amines) is 1. The first-order chi connectivity index (χ1) is 12.6. The third-order valence-electron chi connectivity index (χ3n) is 4.45. The van der Waals surface area contributed by atoms with Crippen LogP contribution in [0.15, 0.2) is 36.8 Å². The Hall–Kier alpha value is -2.94. The van der Waals surface area contributed by atoms with Crippen molar-refractivity contribution in [1.82, 2.24) is 24.6 Å². The second-order valence-electron chi connectivity index (χ2n) is 6.14. The number of aromatic nitrogens is 4. The predicted molar refractivity (Wildman–Crippen MR) is 97.1 cm³/mol. The van der Waals surface area contributed by atoms with Crippen LogP contribution in [0.3, 0.4) is 0 Å². The number of thiophene rings is 1. The maximum atomic E-state index is 12.8. The van der Waals surface area contributed by atoms with Crippen LogP contribution in [0.1, 0.15) is 44.1 Å². The number of rotatable bonds is 4. The van der Waals surface area contributed by atoms with Gasteiger partial charge in [0, 0.05) is 36.9 Å². The minimum Gasteiger partial charge on any atom is -0.330 e. The lowest BCUT2D eigenvalue weighted by Gasteiger charge is -2.23. The Balaban J connectivity index is 1.52. The number of hydrogen-bond donors (Lipinski definition) is 2. The van der Waals surface area contributed by atoms with Crippen molar-refractivity contribution in [2.75, 3.05) is 11.9 Å². The molecular formula is C17H18N6O2S. The Labute approximate surface area is 153 Å². The summed E-state index contributed by atoms with van der Waals surface area (Å²) < 4.78 is 1.73. The summed E-state index contributed by atoms with van der Waals surface area (Å²) in [6, 6.07) is 5.41. The number of anilines is 1. The highest BCUT2D eigenvalue weighted by molar-refractivity contribution is 7.14. The van der Waals surface area contributed by atoms with E-state index in [2.05, 4.69) is 20.5 Å². The number of nitrogens with zero attached hydrogens (tertiary/aromatic N) is 4. The molecule has 1 atom stereocenters. The predicted octanol–water partition coefficient (Wildman–Crippen LogP) is 2.43. The molecule has 26 heavy (non-hydrogen) atoms. The topological polar surface area (TPSA) is 95.9 Å². The third kappa shape index (κ3) is 3.01. The highest BCUT2D eigenvalue weighted by atomic mass is 32.1. The van der Waals surface area contributed by atoms with E-state index in [1.165, 1.54) is 11.3 Å². The summed E-state index contributed by atoms with van der Waals surface area (Å²) in [4.78, 5) is 32.8. The Bertz CT molecular complexity index is 929. The van der Waals surface area contributed by atoms with E-state index >= 15 is 0 Å². The number of nitrogens with one attached hydrogen (secondary N) is 2. The van der Waals surface area contributed by atoms with E-state index in [0.29, 0.717) is 23.1 Å². The molecule has 2 N–H and O–H groups in total. The van der Waals surface area contributed by atoms with E-state index in [9.17, 15) is 9.59 Å². The number of carbonyl (C=O) groups excluding carboxylic acids is 2. The standard InChI is InChI=1S/C17H18N6O2S/c1-22-10-8-18-15(22)17(25)23-9-2-3-11(23)12-4-5-13(26-12)16(24)20-14-6-7-19-21-14/h4-8,10-11H,2-3,9H2,1H3,(H2,19,20,21,24). The van der Waals surface area contributed by atoms with Crippen LogP contribution in [-0.4, -0.2) is 43.0 Å². The maximum absolute atomic E-state index is 12.8. The van der Waals surface area contributed by atoms with Gasteiger partial charge in [0.15, 0.2) is 5.82 Å². The molecule has 0 spiro atoms. The first-order valence-corrected chi connectivity index (χ1v) is 9.14. The molecule has 2 amide bonds. The van der Waals surface area contributed by atoms with Crippen molar-refractivity contribution >= 4 is 29.0 Å². The summed E-state index contributed by atoms with van der Waals surface area (Å²) >= 11 is 1.42. The minimum atomic E-state index is -0.189. The van der Waals surface area contributed by atoms with E-state index in [-0.39, 0.29) is 17.9 Å². The monoisotopic (exact) mass is 370 g/mol. The van der Waals surface area contributed by atoms with Gasteiger partial charge in [-0.2, -0.15) is 5.10 Å². The highest BCUT2D eigenvalue weighted by Gasteiger charge is 2.33. The number of hydrogen-bond acceptors (Lipinski definition) is 5. The van der Waals surface area contributed by atoms with E-state index in [0.717, 1.165) is 17.7 Å². The van der Waals surface area contributed by atoms with Crippen molar-refractivity contribution in [3.63, 3.8) is 0 Å². The summed E-state index contributed by atoms with van der Waals surface area (Å²) in [5.41, 5.74) is 0. The average Bonchev–Trinajstić information content (AvgIpc) is 3.40. The molecule has 134 valence electrons. The highest BCUT2D eigenvalue weighted by Crippen LogP contribution is 2.36. The van der Waals surface area contributed by atoms with Crippen LogP contribution < -0.4 is 5.32 Å². The second-order valence-corrected chi connectivity index (χ2v) is 7.26. The normalized spacial score (nSPS) is 16.8. The number of carbonyl (C=O) groups is 2. The van der Waals surface area contributed by atoms with Crippen LogP contribution in [0, 0.1) is 0 Å². The summed E-state index contributed by atoms with van der Waals surface area (Å²) in [5.74, 6) is 0.727. The summed E-state index contributed by atoms with van der Waals surface area (Å²) in [7, 11) is 1.81. The van der Waals surface area contributed by atoms with Crippen LogP contribution in [0.2, 0.25) is 0 Å². The smallest absolute Gasteiger partial charge is 0.290 e. The molecule has 0 aromatic carbocycles. The number of amides is 2. The van der Waals surface area contributed by atoms with Crippen LogP contribution in [0.5, 0.6) is 0 Å². The SMILES string of the molecule is Cn1ccnc1C(=O)N1CCCC1c1ccc(C(=O)Nc2ccn[nH]2)s1. The van der Waals surface area contributed by atoms with Gasteiger partial charge in [0.2, 0.25) is 0 Å². The first kappa shape index (κ1) is 16.5. The van der Waals surface area contributed by atoms with Crippen molar-refractivity contribution < 1.29 is 9.59 Å². The molecule has 0 saturated carbocycles. The average molecular weight is 370 g/mol. The number of aryl methyl sites for hydroxylation is 1. The van der Waals surface area contributed by atoms with Gasteiger partial charge in [-0.15, -0.1) is 11.3 Å². The van der Waals surface area contributed by atoms with Crippen molar-refractivity contribution in [2.24, 2.45) is 7.05 Å². The van der Waals surface area contributed by atoms with Crippen molar-refractivity contribution in [1.29, 1.82) is 0 Å². The molecule has 3 aromatic rings. The molecule has 0 aliphatic carbocycles. The van der Waals surface area contributed by atoms with Gasteiger partial charge in [0.05, 0.1) is 17.1 Å². The molecule has 1 fully saturated rings. The maximum Gasteiger partial charge on any atom is 0.290 e. The van der Waals surface area contributed by atoms with Crippen LogP contribution >= 0.6 is 11.3 Å². The van der Waals surface area contributed by atoms with E-state index in [1.54, 1.807) is 35.3 Å². The lowest BCUT2D eigenvalue weighted by molar-refractivity contribution is 0.0721. The van der Waals surface area contributed by atoms with E-state index in [4.69, 9.17) is 0 Å². The molecule has 4 rings (SSSR count). The van der Waals surface area contributed by atoms with E-state index in [1.807, 2.05) is 18.0 Å². The quantitative estimate of drug-likeness (QED) is 0.737. The van der Waals surface area contributed by atoms with Crippen molar-refractivity contribution in [2.45, 2.75) is 18.9 Å². The molecule has 0 radical (unpaired) electrons. The zero-order valence-corrected chi connectivity index (χ0v) is 15.0. The Kier molecular flexibility index (Phi) is 4.29. The first-order valence-electron chi connectivity index (χ1n) is 8.32. The molecular weight excluding hydrogens is 352 g/mol. The summed E-state index contributed by atoms with van der Waals surface area (Å²) in [6.07, 6.45) is 6.80. The molecule has 4 heterocycles. The molecule has 3 aromatic heterocycles. The molecule has 1 saturated heterocycles. The van der Waals surface area contributed by atoms with Crippen LogP contribution in [0.4, 0.5) is 5.82 Å². The summed E-state index contributed by atoms with van der Waals surface area (Å²) in [5, 5.41) is 9.28. The summed E-state index contributed by atoms with van der Waals surface area (Å²) in [6.45, 7) is 0.698. The zero-order valence-electron chi connectivity index (χ0n) is 14.2. The molecule has 1 unspecified atom stereocenters. The molecule has 1 aliphatic heterocycles. The van der Waals surface area contributed by atoms with Crippen LogP contribution in [-0.2, 0) is 7.05 Å². The fourth-order valence-electron chi connectivity index (χ4n) is 3.17. The second kappa shape index (κ2) is 6.75. The molecule has 1 aliphatic rings. The number of aromatic amines is 1. The molecule has 9 heteroatoms. The largest absolute Gasteiger partial charge is 0.330 e. The lowest BCUT2D eigenvalue weighted by Crippen LogP contribution is -2.32. The van der Waals surface area contributed by atoms with Gasteiger partial charge in [0.1, 0.15) is 5.82 Å². The zero-order chi connectivity index (χ0) is 18.1. The minimum absolute atomic E-state index is 0.0158. The third-order valence-corrected chi connectivity index (χ3v) is 5.64. The van der Waals surface area contributed by atoms with Gasteiger partial charge in [-0.3, -0.25) is 14.7 Å². The van der Waals surface area contributed by atoms with Crippen molar-refractivity contribution in [3.05, 3.63) is 52.4 Å².